The summed E-state index contributed by atoms with van der Waals surface area (Å²) in [6, 6.07) is 4.38. The van der Waals surface area contributed by atoms with Gasteiger partial charge < -0.3 is 20.2 Å². The number of nitrogens with zero attached hydrogens (tertiary/aromatic N) is 4. The zero-order chi connectivity index (χ0) is 28.7. The fourth-order valence-corrected chi connectivity index (χ4v) is 5.66. The summed E-state index contributed by atoms with van der Waals surface area (Å²) >= 11 is 0. The molecule has 1 fully saturated rings. The smallest absolute Gasteiger partial charge is 0.312 e. The van der Waals surface area contributed by atoms with Crippen LogP contribution in [0.25, 0.3) is 0 Å². The van der Waals surface area contributed by atoms with Crippen LogP contribution in [0, 0.1) is 18.2 Å². The standard InChI is InChI=1S/C26H34FN7O5/c1-15-11-16(5-6-17(15)27)12-29-20(36)18-19(35)21(37)34-14-25(13-30-28)7-9-26(10-8-25,24(34)31-18)33(4)23(39)22(38)32(2)3/h5-6,11,30,35H,7-10,12-14,28H2,1-4H3,(H,29,36). The number of nitrogens with two attached hydrogens (primary N) is 1. The van der Waals surface area contributed by atoms with Crippen molar-refractivity contribution in [3.05, 3.63) is 57.0 Å². The van der Waals surface area contributed by atoms with Crippen LogP contribution in [0.3, 0.4) is 0 Å². The minimum Gasteiger partial charge on any atom is -0.501 e. The molecule has 1 aromatic carbocycles. The van der Waals surface area contributed by atoms with Gasteiger partial charge in [-0.05, 0) is 49.8 Å². The Kier molecular flexibility index (Phi) is 7.50. The highest BCUT2D eigenvalue weighted by Gasteiger charge is 2.54. The summed E-state index contributed by atoms with van der Waals surface area (Å²) in [5, 5.41) is 13.4. The molecule has 0 spiro atoms. The van der Waals surface area contributed by atoms with Crippen LogP contribution in [0.4, 0.5) is 4.39 Å². The van der Waals surface area contributed by atoms with E-state index in [-0.39, 0.29) is 24.7 Å². The summed E-state index contributed by atoms with van der Waals surface area (Å²) in [7, 11) is 4.43. The zero-order valence-electron chi connectivity index (χ0n) is 22.5. The van der Waals surface area contributed by atoms with Crippen LogP contribution in [-0.4, -0.2) is 69.9 Å². The lowest BCUT2D eigenvalue weighted by Crippen LogP contribution is -2.55. The van der Waals surface area contributed by atoms with Crippen LogP contribution in [0.2, 0.25) is 0 Å². The maximum atomic E-state index is 13.6. The number of carbonyl (C=O) groups is 3. The molecular weight excluding hydrogens is 509 g/mol. The van der Waals surface area contributed by atoms with Crippen LogP contribution in [0.1, 0.15) is 53.1 Å². The highest BCUT2D eigenvalue weighted by molar-refractivity contribution is 6.34. The Balaban J connectivity index is 1.79. The van der Waals surface area contributed by atoms with Gasteiger partial charge in [0.25, 0.3) is 11.5 Å². The predicted octanol–water partition coefficient (Wildman–Crippen LogP) is 0.106. The van der Waals surface area contributed by atoms with Crippen molar-refractivity contribution in [3.8, 4) is 5.75 Å². The minimum atomic E-state index is -1.17. The number of aromatic nitrogens is 2. The molecule has 1 aromatic heterocycles. The number of likely N-dealkylation sites (N-methyl/N-ethyl adjacent to an activating group) is 2. The maximum absolute atomic E-state index is 13.6. The molecule has 210 valence electrons. The Labute approximate surface area is 225 Å². The van der Waals surface area contributed by atoms with Gasteiger partial charge in [-0.25, -0.2) is 9.37 Å². The van der Waals surface area contributed by atoms with E-state index in [1.54, 1.807) is 13.0 Å². The first kappa shape index (κ1) is 28.2. The third-order valence-corrected chi connectivity index (χ3v) is 8.10. The summed E-state index contributed by atoms with van der Waals surface area (Å²) in [6.45, 7) is 2.14. The second kappa shape index (κ2) is 10.4. The Morgan fingerprint density at radius 2 is 1.82 bits per heavy atom. The van der Waals surface area contributed by atoms with Crippen LogP contribution in [0.5, 0.6) is 5.75 Å². The predicted molar refractivity (Wildman–Crippen MR) is 139 cm³/mol. The number of aromatic hydroxyl groups is 1. The summed E-state index contributed by atoms with van der Waals surface area (Å²) in [6.07, 6.45) is 1.84. The van der Waals surface area contributed by atoms with Crippen molar-refractivity contribution >= 4 is 17.7 Å². The quantitative estimate of drug-likeness (QED) is 0.227. The van der Waals surface area contributed by atoms with Gasteiger partial charge in [0.05, 0.1) is 0 Å². The van der Waals surface area contributed by atoms with Gasteiger partial charge in [-0.1, -0.05) is 12.1 Å². The van der Waals surface area contributed by atoms with E-state index in [9.17, 15) is 28.7 Å². The molecule has 0 atom stereocenters. The Bertz CT molecular complexity index is 1380. The normalized spacial score (nSPS) is 21.6. The van der Waals surface area contributed by atoms with Crippen molar-refractivity contribution in [3.63, 3.8) is 0 Å². The van der Waals surface area contributed by atoms with E-state index in [1.807, 2.05) is 0 Å². The summed E-state index contributed by atoms with van der Waals surface area (Å²) in [4.78, 5) is 59.5. The van der Waals surface area contributed by atoms with Crippen LogP contribution in [0.15, 0.2) is 23.0 Å². The largest absolute Gasteiger partial charge is 0.501 e. The number of hydrogen-bond donors (Lipinski definition) is 4. The topological polar surface area (TPSA) is 163 Å². The van der Waals surface area contributed by atoms with Crippen molar-refractivity contribution in [2.45, 2.75) is 51.2 Å². The van der Waals surface area contributed by atoms with Crippen molar-refractivity contribution in [2.75, 3.05) is 27.7 Å². The van der Waals surface area contributed by atoms with Crippen molar-refractivity contribution in [2.24, 2.45) is 11.3 Å². The Hall–Kier alpha value is -3.84. The molecule has 0 radical (unpaired) electrons. The van der Waals surface area contributed by atoms with Gasteiger partial charge in [-0.3, -0.25) is 35.0 Å². The van der Waals surface area contributed by atoms with Gasteiger partial charge in [0.15, 0.2) is 5.69 Å². The SMILES string of the molecule is Cc1cc(CNC(=O)c2nc3n(c(=O)c2O)CC2(CNN)CCC3(N(C)C(=O)C(=O)N(C)C)CC2)ccc1F. The lowest BCUT2D eigenvalue weighted by atomic mass is 9.68. The van der Waals surface area contributed by atoms with E-state index < -0.39 is 45.7 Å². The van der Waals surface area contributed by atoms with Gasteiger partial charge in [0.1, 0.15) is 17.2 Å². The number of amides is 3. The number of carbonyl (C=O) groups excluding carboxylic acids is 3. The minimum absolute atomic E-state index is 0.00560. The number of aryl methyl sites for hydroxylation is 1. The highest BCUT2D eigenvalue weighted by atomic mass is 19.1. The van der Waals surface area contributed by atoms with Crippen LogP contribution >= 0.6 is 0 Å². The lowest BCUT2D eigenvalue weighted by Gasteiger charge is -2.46. The van der Waals surface area contributed by atoms with Crippen molar-refractivity contribution in [1.82, 2.24) is 30.1 Å². The number of fused-ring (bicyclic) bond motifs is 2. The first-order valence-electron chi connectivity index (χ1n) is 12.7. The van der Waals surface area contributed by atoms with Crippen molar-refractivity contribution in [1.29, 1.82) is 0 Å². The molecule has 3 amide bonds. The van der Waals surface area contributed by atoms with E-state index in [2.05, 4.69) is 15.7 Å². The second-order valence-corrected chi connectivity index (χ2v) is 10.8. The number of nitrogens with one attached hydrogen (secondary N) is 2. The maximum Gasteiger partial charge on any atom is 0.312 e. The first-order chi connectivity index (χ1) is 18.4. The van der Waals surface area contributed by atoms with E-state index in [4.69, 9.17) is 5.84 Å². The van der Waals surface area contributed by atoms with Crippen LogP contribution in [-0.2, 0) is 28.2 Å². The molecule has 13 heteroatoms. The molecule has 2 bridgehead atoms. The first-order valence-corrected chi connectivity index (χ1v) is 12.7. The molecule has 1 aliphatic carbocycles. The molecule has 2 aromatic rings. The zero-order valence-corrected chi connectivity index (χ0v) is 22.5. The third kappa shape index (κ3) is 4.87. The van der Waals surface area contributed by atoms with Gasteiger partial charge in [0.2, 0.25) is 5.75 Å². The van der Waals surface area contributed by atoms with Crippen LogP contribution < -0.4 is 22.1 Å². The van der Waals surface area contributed by atoms with Crippen molar-refractivity contribution < 1.29 is 23.9 Å². The molecule has 3 heterocycles. The summed E-state index contributed by atoms with van der Waals surface area (Å²) in [5.74, 6) is 2.27. The molecular formula is C26H34FN7O5. The lowest BCUT2D eigenvalue weighted by molar-refractivity contribution is -0.155. The fourth-order valence-electron chi connectivity index (χ4n) is 5.66. The molecule has 3 aliphatic rings. The second-order valence-electron chi connectivity index (χ2n) is 10.8. The van der Waals surface area contributed by atoms with Gasteiger partial charge in [-0.2, -0.15) is 0 Å². The average Bonchev–Trinajstić information content (AvgIpc) is 3.14. The van der Waals surface area contributed by atoms with E-state index in [0.29, 0.717) is 43.4 Å². The van der Waals surface area contributed by atoms with Gasteiger partial charge in [-0.15, -0.1) is 0 Å². The number of halogens is 1. The van der Waals surface area contributed by atoms with E-state index in [1.165, 1.54) is 47.6 Å². The Morgan fingerprint density at radius 3 is 2.41 bits per heavy atom. The molecule has 0 saturated heterocycles. The fraction of sp³-hybridized carbons (Fsp3) is 0.500. The van der Waals surface area contributed by atoms with Gasteiger partial charge >= 0.3 is 11.8 Å². The van der Waals surface area contributed by atoms with Gasteiger partial charge in [0, 0.05) is 46.2 Å². The third-order valence-electron chi connectivity index (χ3n) is 8.10. The molecule has 1 saturated carbocycles. The molecule has 2 aliphatic heterocycles. The molecule has 5 N–H and O–H groups in total. The number of hydrazine groups is 1. The molecule has 39 heavy (non-hydrogen) atoms. The molecule has 5 rings (SSSR count). The summed E-state index contributed by atoms with van der Waals surface area (Å²) in [5.41, 5.74) is 0.773. The van der Waals surface area contributed by atoms with E-state index >= 15 is 0 Å². The number of rotatable bonds is 6. The Morgan fingerprint density at radius 1 is 1.15 bits per heavy atom. The molecule has 0 unspecified atom stereocenters. The monoisotopic (exact) mass is 543 g/mol. The molecule has 12 nitrogen and oxygen atoms in total. The number of hydrogen-bond acceptors (Lipinski definition) is 8. The average molecular weight is 544 g/mol. The summed E-state index contributed by atoms with van der Waals surface area (Å²) < 4.78 is 14.9. The highest BCUT2D eigenvalue weighted by Crippen LogP contribution is 2.51. The number of benzene rings is 1. The van der Waals surface area contributed by atoms with E-state index in [0.717, 1.165) is 0 Å².